The second-order valence-corrected chi connectivity index (χ2v) is 5.13. The van der Waals surface area contributed by atoms with E-state index in [0.717, 1.165) is 12.1 Å². The number of hydrogen-bond donors (Lipinski definition) is 5. The molecule has 0 radical (unpaired) electrons. The topological polar surface area (TPSA) is 122 Å². The van der Waals surface area contributed by atoms with Crippen LogP contribution in [0.15, 0.2) is 39.9 Å². The van der Waals surface area contributed by atoms with Crippen molar-refractivity contribution in [1.29, 1.82) is 0 Å². The third kappa shape index (κ3) is 3.47. The Bertz CT molecular complexity index is 738. The number of hydrogen-bond acceptors (Lipinski definition) is 6. The van der Waals surface area contributed by atoms with Gasteiger partial charge in [0.25, 0.3) is 5.91 Å². The summed E-state index contributed by atoms with van der Waals surface area (Å²) in [5.41, 5.74) is 2.76. The van der Waals surface area contributed by atoms with Crippen LogP contribution < -0.4 is 5.43 Å². The summed E-state index contributed by atoms with van der Waals surface area (Å²) in [6.45, 7) is 0. The Morgan fingerprint density at radius 2 is 1.68 bits per heavy atom. The molecule has 0 unspecified atom stereocenters. The molecular weight excluding hydrogens is 356 g/mol. The first kappa shape index (κ1) is 15.6. The fraction of sp³-hybridized carbons (Fsp3) is 0. The molecule has 0 spiro atoms. The predicted molar refractivity (Wildman–Crippen MR) is 82.3 cm³/mol. The smallest absolute Gasteiger partial charge is 0.271 e. The molecule has 0 aliphatic rings. The molecular formula is C14H11BrN2O5. The number of phenols is 4. The molecule has 22 heavy (non-hydrogen) atoms. The lowest BCUT2D eigenvalue weighted by molar-refractivity contribution is 0.0954. The van der Waals surface area contributed by atoms with Crippen LogP contribution in [0.4, 0.5) is 0 Å². The zero-order chi connectivity index (χ0) is 16.3. The summed E-state index contributed by atoms with van der Waals surface area (Å²) in [5.74, 6) is -2.53. The second-order valence-electron chi connectivity index (χ2n) is 4.27. The first-order valence-corrected chi connectivity index (χ1v) is 6.74. The van der Waals surface area contributed by atoms with Crippen molar-refractivity contribution in [2.24, 2.45) is 5.10 Å². The summed E-state index contributed by atoms with van der Waals surface area (Å²) in [7, 11) is 0. The van der Waals surface area contributed by atoms with Crippen LogP contribution >= 0.6 is 15.9 Å². The molecule has 0 aliphatic carbocycles. The average molecular weight is 367 g/mol. The van der Waals surface area contributed by atoms with Crippen molar-refractivity contribution in [2.45, 2.75) is 0 Å². The van der Waals surface area contributed by atoms with Crippen LogP contribution in [-0.2, 0) is 0 Å². The molecule has 0 heterocycles. The standard InChI is InChI=1S/C14H11BrN2O5/c15-9-3-7(1-2-10(9)18)6-16-17-14(22)8-4-11(19)13(21)12(20)5-8/h1-6,18-21H,(H,17,22)/b16-6+. The van der Waals surface area contributed by atoms with E-state index in [1.807, 2.05) is 0 Å². The van der Waals surface area contributed by atoms with Gasteiger partial charge in [0, 0.05) is 5.56 Å². The van der Waals surface area contributed by atoms with Gasteiger partial charge in [0.1, 0.15) is 5.75 Å². The van der Waals surface area contributed by atoms with Crippen LogP contribution in [-0.4, -0.2) is 32.5 Å². The van der Waals surface area contributed by atoms with Gasteiger partial charge in [-0.2, -0.15) is 5.10 Å². The maximum atomic E-state index is 11.8. The van der Waals surface area contributed by atoms with Gasteiger partial charge in [0.05, 0.1) is 10.7 Å². The average Bonchev–Trinajstić information content (AvgIpc) is 2.47. The molecule has 2 aromatic carbocycles. The van der Waals surface area contributed by atoms with E-state index in [9.17, 15) is 25.2 Å². The molecule has 1 amide bonds. The van der Waals surface area contributed by atoms with E-state index < -0.39 is 23.2 Å². The van der Waals surface area contributed by atoms with E-state index in [0.29, 0.717) is 10.0 Å². The molecule has 8 heteroatoms. The van der Waals surface area contributed by atoms with E-state index in [-0.39, 0.29) is 11.3 Å². The highest BCUT2D eigenvalue weighted by Gasteiger charge is 2.12. The van der Waals surface area contributed by atoms with Crippen LogP contribution in [0.2, 0.25) is 0 Å². The summed E-state index contributed by atoms with van der Waals surface area (Å²) in [4.78, 5) is 11.8. The minimum atomic E-state index is -0.700. The minimum Gasteiger partial charge on any atom is -0.507 e. The molecule has 2 rings (SSSR count). The maximum absolute atomic E-state index is 11.8. The molecule has 0 aliphatic heterocycles. The summed E-state index contributed by atoms with van der Waals surface area (Å²) < 4.78 is 0.483. The number of halogens is 1. The third-order valence-corrected chi connectivity index (χ3v) is 3.32. The van der Waals surface area contributed by atoms with Crippen LogP contribution in [0.25, 0.3) is 0 Å². The highest BCUT2D eigenvalue weighted by atomic mass is 79.9. The molecule has 0 bridgehead atoms. The number of carbonyl (C=O) groups is 1. The molecule has 0 fully saturated rings. The second kappa shape index (κ2) is 6.35. The number of nitrogens with one attached hydrogen (secondary N) is 1. The number of hydrazone groups is 1. The number of nitrogens with zero attached hydrogens (tertiary/aromatic N) is 1. The molecule has 0 saturated heterocycles. The van der Waals surface area contributed by atoms with Gasteiger partial charge >= 0.3 is 0 Å². The number of carbonyl (C=O) groups excluding carboxylic acids is 1. The highest BCUT2D eigenvalue weighted by molar-refractivity contribution is 9.10. The van der Waals surface area contributed by atoms with Gasteiger partial charge in [-0.3, -0.25) is 4.79 Å². The summed E-state index contributed by atoms with van der Waals surface area (Å²) in [6, 6.07) is 6.65. The number of phenolic OH excluding ortho intramolecular Hbond substituents is 4. The third-order valence-electron chi connectivity index (χ3n) is 2.68. The molecule has 114 valence electrons. The first-order chi connectivity index (χ1) is 10.4. The quantitative estimate of drug-likeness (QED) is 0.323. The van der Waals surface area contributed by atoms with Gasteiger partial charge in [-0.25, -0.2) is 5.43 Å². The molecule has 0 saturated carbocycles. The van der Waals surface area contributed by atoms with E-state index >= 15 is 0 Å². The van der Waals surface area contributed by atoms with Crippen LogP contribution in [0, 0.1) is 0 Å². The van der Waals surface area contributed by atoms with Crippen molar-refractivity contribution in [3.63, 3.8) is 0 Å². The molecule has 7 nitrogen and oxygen atoms in total. The number of aromatic hydroxyl groups is 4. The Labute approximate surface area is 133 Å². The van der Waals surface area contributed by atoms with E-state index in [2.05, 4.69) is 26.5 Å². The summed E-state index contributed by atoms with van der Waals surface area (Å²) in [5, 5.41) is 40.9. The van der Waals surface area contributed by atoms with Crippen molar-refractivity contribution >= 4 is 28.1 Å². The van der Waals surface area contributed by atoms with Gasteiger partial charge in [-0.05, 0) is 51.8 Å². The summed E-state index contributed by atoms with van der Waals surface area (Å²) >= 11 is 3.15. The first-order valence-electron chi connectivity index (χ1n) is 5.95. The Kier molecular flexibility index (Phi) is 4.52. The van der Waals surface area contributed by atoms with Crippen molar-refractivity contribution < 1.29 is 25.2 Å². The molecule has 5 N–H and O–H groups in total. The largest absolute Gasteiger partial charge is 0.507 e. The Morgan fingerprint density at radius 3 is 2.27 bits per heavy atom. The monoisotopic (exact) mass is 366 g/mol. The van der Waals surface area contributed by atoms with Crippen LogP contribution in [0.5, 0.6) is 23.0 Å². The fourth-order valence-electron chi connectivity index (χ4n) is 1.57. The fourth-order valence-corrected chi connectivity index (χ4v) is 1.97. The van der Waals surface area contributed by atoms with Gasteiger partial charge < -0.3 is 20.4 Å². The molecule has 0 aromatic heterocycles. The van der Waals surface area contributed by atoms with Gasteiger partial charge in [-0.1, -0.05) is 0 Å². The summed E-state index contributed by atoms with van der Waals surface area (Å²) in [6.07, 6.45) is 1.35. The Balaban J connectivity index is 2.09. The lowest BCUT2D eigenvalue weighted by Gasteiger charge is -2.04. The predicted octanol–water partition coefficient (Wildman–Crippen LogP) is 2.04. The normalized spacial score (nSPS) is 10.8. The zero-order valence-electron chi connectivity index (χ0n) is 11.0. The number of amides is 1. The lowest BCUT2D eigenvalue weighted by atomic mass is 10.2. The van der Waals surface area contributed by atoms with Crippen LogP contribution in [0.1, 0.15) is 15.9 Å². The zero-order valence-corrected chi connectivity index (χ0v) is 12.6. The minimum absolute atomic E-state index is 0.0724. The van der Waals surface area contributed by atoms with Gasteiger partial charge in [0.15, 0.2) is 17.2 Å². The van der Waals surface area contributed by atoms with E-state index in [1.54, 1.807) is 12.1 Å². The van der Waals surface area contributed by atoms with Crippen molar-refractivity contribution in [3.05, 3.63) is 45.9 Å². The van der Waals surface area contributed by atoms with Crippen molar-refractivity contribution in [2.75, 3.05) is 0 Å². The maximum Gasteiger partial charge on any atom is 0.271 e. The van der Waals surface area contributed by atoms with E-state index in [4.69, 9.17) is 0 Å². The van der Waals surface area contributed by atoms with E-state index in [1.165, 1.54) is 12.3 Å². The Hall–Kier alpha value is -2.74. The number of benzene rings is 2. The molecule has 0 atom stereocenters. The van der Waals surface area contributed by atoms with Crippen molar-refractivity contribution in [3.8, 4) is 23.0 Å². The van der Waals surface area contributed by atoms with Crippen molar-refractivity contribution in [1.82, 2.24) is 5.43 Å². The SMILES string of the molecule is O=C(N/N=C/c1ccc(O)c(Br)c1)c1cc(O)c(O)c(O)c1. The lowest BCUT2D eigenvalue weighted by Crippen LogP contribution is -2.17. The van der Waals surface area contributed by atoms with Crippen LogP contribution in [0.3, 0.4) is 0 Å². The Morgan fingerprint density at radius 1 is 1.05 bits per heavy atom. The highest BCUT2D eigenvalue weighted by Crippen LogP contribution is 2.35. The molecule has 2 aromatic rings. The van der Waals surface area contributed by atoms with Gasteiger partial charge in [-0.15, -0.1) is 0 Å². The van der Waals surface area contributed by atoms with Gasteiger partial charge in [0.2, 0.25) is 0 Å². The number of rotatable bonds is 3.